The van der Waals surface area contributed by atoms with Gasteiger partial charge in [-0.25, -0.2) is 0 Å². The van der Waals surface area contributed by atoms with Crippen LogP contribution in [0.25, 0.3) is 0 Å². The highest BCUT2D eigenvalue weighted by Gasteiger charge is 2.53. The molecule has 3 aliphatic rings. The van der Waals surface area contributed by atoms with E-state index < -0.39 is 5.97 Å². The van der Waals surface area contributed by atoms with Gasteiger partial charge in [-0.1, -0.05) is 39.5 Å². The van der Waals surface area contributed by atoms with Crippen LogP contribution in [0.4, 0.5) is 0 Å². The smallest absolute Gasteiger partial charge is 0.303 e. The third-order valence-electron chi connectivity index (χ3n) is 5.72. The summed E-state index contributed by atoms with van der Waals surface area (Å²) < 4.78 is 0. The van der Waals surface area contributed by atoms with E-state index in [1.165, 1.54) is 38.5 Å². The van der Waals surface area contributed by atoms with E-state index in [0.29, 0.717) is 11.8 Å². The number of aliphatic carboxylic acids is 1. The van der Waals surface area contributed by atoms with Gasteiger partial charge in [0.15, 0.2) is 0 Å². The first kappa shape index (κ1) is 13.9. The van der Waals surface area contributed by atoms with Gasteiger partial charge < -0.3 is 5.11 Å². The van der Waals surface area contributed by atoms with Crippen molar-refractivity contribution in [3.8, 4) is 0 Å². The summed E-state index contributed by atoms with van der Waals surface area (Å²) >= 11 is 0. The molecule has 18 heavy (non-hydrogen) atoms. The minimum absolute atomic E-state index is 0.348. The Kier molecular flexibility index (Phi) is 4.34. The Balaban J connectivity index is 1.58. The standard InChI is InChI=1S/C16H28O2/c1-16(2)13-10-9-12(14(16)11-13)7-5-3-4-6-8-15(17)18/h12-14H,3-11H2,1-2H3,(H,17,18)/t12-,13+,14+/m0/s1. The van der Waals surface area contributed by atoms with E-state index in [1.54, 1.807) is 0 Å². The first-order chi connectivity index (χ1) is 8.51. The van der Waals surface area contributed by atoms with E-state index in [0.717, 1.165) is 30.6 Å². The quantitative estimate of drug-likeness (QED) is 0.678. The summed E-state index contributed by atoms with van der Waals surface area (Å²) in [7, 11) is 0. The molecule has 0 heterocycles. The molecule has 0 spiro atoms. The van der Waals surface area contributed by atoms with Crippen molar-refractivity contribution in [2.45, 2.75) is 71.6 Å². The second kappa shape index (κ2) is 5.63. The van der Waals surface area contributed by atoms with E-state index in [1.807, 2.05) is 0 Å². The van der Waals surface area contributed by atoms with E-state index in [-0.39, 0.29) is 0 Å². The molecule has 0 aromatic carbocycles. The van der Waals surface area contributed by atoms with Crippen molar-refractivity contribution in [2.24, 2.45) is 23.2 Å². The Hall–Kier alpha value is -0.530. The molecule has 0 radical (unpaired) electrons. The third-order valence-corrected chi connectivity index (χ3v) is 5.72. The molecule has 0 amide bonds. The minimum atomic E-state index is -0.649. The zero-order valence-corrected chi connectivity index (χ0v) is 12.0. The topological polar surface area (TPSA) is 37.3 Å². The van der Waals surface area contributed by atoms with Crippen LogP contribution in [-0.4, -0.2) is 11.1 Å². The predicted molar refractivity (Wildman–Crippen MR) is 73.4 cm³/mol. The van der Waals surface area contributed by atoms with Crippen molar-refractivity contribution in [1.29, 1.82) is 0 Å². The number of unbranched alkanes of at least 4 members (excludes halogenated alkanes) is 3. The fourth-order valence-electron chi connectivity index (χ4n) is 4.34. The molecule has 0 aliphatic heterocycles. The average molecular weight is 252 g/mol. The Morgan fingerprint density at radius 2 is 1.89 bits per heavy atom. The maximum absolute atomic E-state index is 10.4. The van der Waals surface area contributed by atoms with Gasteiger partial charge in [0.1, 0.15) is 0 Å². The van der Waals surface area contributed by atoms with Gasteiger partial charge in [0.05, 0.1) is 0 Å². The Bertz CT molecular complexity index is 293. The molecule has 0 aromatic heterocycles. The number of hydrogen-bond acceptors (Lipinski definition) is 1. The first-order valence-corrected chi connectivity index (χ1v) is 7.73. The zero-order valence-electron chi connectivity index (χ0n) is 12.0. The van der Waals surface area contributed by atoms with Gasteiger partial charge in [0.25, 0.3) is 0 Å². The number of carbonyl (C=O) groups is 1. The molecule has 3 aliphatic carbocycles. The molecule has 2 nitrogen and oxygen atoms in total. The van der Waals surface area contributed by atoms with Crippen LogP contribution in [-0.2, 0) is 4.79 Å². The summed E-state index contributed by atoms with van der Waals surface area (Å²) in [6, 6.07) is 0. The fraction of sp³-hybridized carbons (Fsp3) is 0.938. The molecule has 2 bridgehead atoms. The summed E-state index contributed by atoms with van der Waals surface area (Å²) in [6.07, 6.45) is 10.6. The molecular formula is C16H28O2. The van der Waals surface area contributed by atoms with Crippen LogP contribution in [0.1, 0.15) is 71.6 Å². The van der Waals surface area contributed by atoms with Gasteiger partial charge in [-0.2, -0.15) is 0 Å². The molecule has 0 unspecified atom stereocenters. The molecule has 3 atom stereocenters. The largest absolute Gasteiger partial charge is 0.481 e. The minimum Gasteiger partial charge on any atom is -0.481 e. The molecule has 3 rings (SSSR count). The van der Waals surface area contributed by atoms with Crippen molar-refractivity contribution >= 4 is 5.97 Å². The van der Waals surface area contributed by atoms with Gasteiger partial charge in [0, 0.05) is 6.42 Å². The molecule has 3 saturated carbocycles. The molecule has 104 valence electrons. The van der Waals surface area contributed by atoms with E-state index >= 15 is 0 Å². The summed E-state index contributed by atoms with van der Waals surface area (Å²) in [4.78, 5) is 10.4. The highest BCUT2D eigenvalue weighted by molar-refractivity contribution is 5.66. The fourth-order valence-corrected chi connectivity index (χ4v) is 4.34. The molecule has 0 aromatic rings. The maximum atomic E-state index is 10.4. The summed E-state index contributed by atoms with van der Waals surface area (Å²) in [5.41, 5.74) is 0.617. The SMILES string of the molecule is CC1(C)[C@@H]2CC[C@H](CCCCCCC(=O)O)[C@H]1C2. The second-order valence-corrected chi connectivity index (χ2v) is 7.04. The number of rotatable bonds is 7. The molecular weight excluding hydrogens is 224 g/mol. The highest BCUT2D eigenvalue weighted by Crippen LogP contribution is 2.62. The van der Waals surface area contributed by atoms with Gasteiger partial charge in [0.2, 0.25) is 0 Å². The number of carboxylic acid groups (broad SMARTS) is 1. The normalized spacial score (nSPS) is 32.9. The second-order valence-electron chi connectivity index (χ2n) is 7.04. The van der Waals surface area contributed by atoms with Crippen LogP contribution in [0.3, 0.4) is 0 Å². The lowest BCUT2D eigenvalue weighted by Crippen LogP contribution is -2.52. The molecule has 3 fully saturated rings. The first-order valence-electron chi connectivity index (χ1n) is 7.73. The summed E-state index contributed by atoms with van der Waals surface area (Å²) in [5.74, 6) is 2.30. The number of fused-ring (bicyclic) bond motifs is 2. The van der Waals surface area contributed by atoms with Crippen molar-refractivity contribution in [2.75, 3.05) is 0 Å². The molecule has 0 saturated heterocycles. The molecule has 1 N–H and O–H groups in total. The van der Waals surface area contributed by atoms with Gasteiger partial charge in [-0.3, -0.25) is 4.79 Å². The van der Waals surface area contributed by atoms with Gasteiger partial charge >= 0.3 is 5.97 Å². The van der Waals surface area contributed by atoms with Gasteiger partial charge in [-0.15, -0.1) is 0 Å². The summed E-state index contributed by atoms with van der Waals surface area (Å²) in [5, 5.41) is 8.57. The average Bonchev–Trinajstić information content (AvgIpc) is 2.33. The lowest BCUT2D eigenvalue weighted by atomic mass is 9.45. The lowest BCUT2D eigenvalue weighted by molar-refractivity contribution is -0.137. The van der Waals surface area contributed by atoms with Crippen molar-refractivity contribution in [3.63, 3.8) is 0 Å². The summed E-state index contributed by atoms with van der Waals surface area (Å²) in [6.45, 7) is 4.93. The Morgan fingerprint density at radius 3 is 2.50 bits per heavy atom. The maximum Gasteiger partial charge on any atom is 0.303 e. The molecule has 2 heteroatoms. The van der Waals surface area contributed by atoms with Crippen molar-refractivity contribution in [1.82, 2.24) is 0 Å². The Morgan fingerprint density at radius 1 is 1.17 bits per heavy atom. The van der Waals surface area contributed by atoms with Crippen LogP contribution in [0.15, 0.2) is 0 Å². The van der Waals surface area contributed by atoms with Crippen LogP contribution in [0, 0.1) is 23.2 Å². The van der Waals surface area contributed by atoms with E-state index in [9.17, 15) is 4.79 Å². The van der Waals surface area contributed by atoms with Crippen LogP contribution in [0.5, 0.6) is 0 Å². The van der Waals surface area contributed by atoms with Crippen molar-refractivity contribution < 1.29 is 9.90 Å². The predicted octanol–water partition coefficient (Wildman–Crippen LogP) is 4.48. The van der Waals surface area contributed by atoms with Gasteiger partial charge in [-0.05, 0) is 48.9 Å². The van der Waals surface area contributed by atoms with Crippen LogP contribution in [0.2, 0.25) is 0 Å². The zero-order chi connectivity index (χ0) is 13.2. The number of hydrogen-bond donors (Lipinski definition) is 1. The monoisotopic (exact) mass is 252 g/mol. The van der Waals surface area contributed by atoms with E-state index in [4.69, 9.17) is 5.11 Å². The third kappa shape index (κ3) is 2.89. The van der Waals surface area contributed by atoms with Crippen LogP contribution >= 0.6 is 0 Å². The van der Waals surface area contributed by atoms with E-state index in [2.05, 4.69) is 13.8 Å². The Labute approximate surface area is 111 Å². The highest BCUT2D eigenvalue weighted by atomic mass is 16.4. The van der Waals surface area contributed by atoms with Crippen LogP contribution < -0.4 is 0 Å². The lowest BCUT2D eigenvalue weighted by Gasteiger charge is -2.60. The number of carboxylic acids is 1. The van der Waals surface area contributed by atoms with Crippen molar-refractivity contribution in [3.05, 3.63) is 0 Å².